The zero-order valence-corrected chi connectivity index (χ0v) is 15.7. The van der Waals surface area contributed by atoms with Crippen LogP contribution in [-0.4, -0.2) is 21.2 Å². The summed E-state index contributed by atoms with van der Waals surface area (Å²) in [6.45, 7) is 0. The van der Waals surface area contributed by atoms with Crippen molar-refractivity contribution < 1.29 is 4.79 Å². The van der Waals surface area contributed by atoms with E-state index in [4.69, 9.17) is 0 Å². The minimum Gasteiger partial charge on any atom is -0.325 e. The van der Waals surface area contributed by atoms with E-state index in [1.54, 1.807) is 17.0 Å². The quantitative estimate of drug-likeness (QED) is 0.523. The van der Waals surface area contributed by atoms with Crippen LogP contribution in [0.2, 0.25) is 0 Å². The highest BCUT2D eigenvalue weighted by Crippen LogP contribution is 2.21. The molecule has 1 heterocycles. The summed E-state index contributed by atoms with van der Waals surface area (Å²) in [5, 5.41) is 5.13. The Balaban J connectivity index is 1.57. The van der Waals surface area contributed by atoms with E-state index in [0.29, 0.717) is 5.03 Å². The molecule has 0 bridgehead atoms. The highest BCUT2D eigenvalue weighted by Gasteiger charge is 2.11. The van der Waals surface area contributed by atoms with E-state index in [9.17, 15) is 9.59 Å². The molecule has 0 aliphatic heterocycles. The Kier molecular flexibility index (Phi) is 5.21. The molecule has 0 aliphatic rings. The molecule has 5 nitrogen and oxygen atoms in total. The SMILES string of the molecule is O=C(CSc1nccn(-c2cccc3ccccc23)c1=O)Nc1ccccc1. The number of aromatic nitrogens is 2. The van der Waals surface area contributed by atoms with Crippen molar-refractivity contribution in [3.8, 4) is 5.69 Å². The van der Waals surface area contributed by atoms with Crippen molar-refractivity contribution in [1.29, 1.82) is 0 Å². The molecule has 28 heavy (non-hydrogen) atoms. The lowest BCUT2D eigenvalue weighted by atomic mass is 10.1. The van der Waals surface area contributed by atoms with Crippen LogP contribution in [0.5, 0.6) is 0 Å². The maximum atomic E-state index is 12.9. The number of rotatable bonds is 5. The molecule has 0 aliphatic carbocycles. The van der Waals surface area contributed by atoms with E-state index in [2.05, 4.69) is 10.3 Å². The lowest BCUT2D eigenvalue weighted by Gasteiger charge is -2.10. The standard InChI is InChI=1S/C22H17N3O2S/c26-20(24-17-9-2-1-3-10-17)15-28-21-22(27)25(14-13-23-21)19-12-6-8-16-7-4-5-11-18(16)19/h1-14H,15H2,(H,24,26). The second-order valence-electron chi connectivity index (χ2n) is 6.11. The molecular weight excluding hydrogens is 370 g/mol. The molecule has 3 aromatic carbocycles. The Bertz CT molecular complexity index is 1180. The van der Waals surface area contributed by atoms with Gasteiger partial charge in [-0.3, -0.25) is 14.2 Å². The topological polar surface area (TPSA) is 64.0 Å². The van der Waals surface area contributed by atoms with Crippen LogP contribution >= 0.6 is 11.8 Å². The van der Waals surface area contributed by atoms with Gasteiger partial charge in [0.25, 0.3) is 5.56 Å². The third kappa shape index (κ3) is 3.82. The van der Waals surface area contributed by atoms with Crippen LogP contribution in [0.25, 0.3) is 16.5 Å². The lowest BCUT2D eigenvalue weighted by molar-refractivity contribution is -0.113. The number of carbonyl (C=O) groups excluding carboxylic acids is 1. The van der Waals surface area contributed by atoms with Crippen molar-refractivity contribution in [2.24, 2.45) is 0 Å². The molecule has 1 amide bonds. The molecule has 0 saturated carbocycles. The number of carbonyl (C=O) groups is 1. The highest BCUT2D eigenvalue weighted by atomic mass is 32.2. The molecule has 1 aromatic heterocycles. The minimum absolute atomic E-state index is 0.108. The van der Waals surface area contributed by atoms with Crippen molar-refractivity contribution >= 4 is 34.1 Å². The second kappa shape index (κ2) is 8.10. The van der Waals surface area contributed by atoms with Crippen LogP contribution in [0.15, 0.2) is 95.0 Å². The van der Waals surface area contributed by atoms with Gasteiger partial charge in [0.05, 0.1) is 11.4 Å². The number of anilines is 1. The monoisotopic (exact) mass is 387 g/mol. The molecule has 138 valence electrons. The average Bonchev–Trinajstić information content (AvgIpc) is 2.73. The molecule has 0 atom stereocenters. The molecule has 0 fully saturated rings. The summed E-state index contributed by atoms with van der Waals surface area (Å²) < 4.78 is 1.58. The van der Waals surface area contributed by atoms with Crippen LogP contribution in [-0.2, 0) is 4.79 Å². The summed E-state index contributed by atoms with van der Waals surface area (Å²) in [6.07, 6.45) is 3.23. The number of nitrogens with one attached hydrogen (secondary N) is 1. The number of thioether (sulfide) groups is 1. The zero-order valence-electron chi connectivity index (χ0n) is 14.9. The molecule has 4 aromatic rings. The molecule has 0 spiro atoms. The van der Waals surface area contributed by atoms with E-state index >= 15 is 0 Å². The molecule has 1 N–H and O–H groups in total. The lowest BCUT2D eigenvalue weighted by Crippen LogP contribution is -2.22. The van der Waals surface area contributed by atoms with Crippen LogP contribution in [0.1, 0.15) is 0 Å². The second-order valence-corrected chi connectivity index (χ2v) is 7.07. The average molecular weight is 387 g/mol. The van der Waals surface area contributed by atoms with E-state index in [-0.39, 0.29) is 17.2 Å². The van der Waals surface area contributed by atoms with Crippen molar-refractivity contribution in [2.45, 2.75) is 5.03 Å². The predicted molar refractivity (Wildman–Crippen MR) is 113 cm³/mol. The molecule has 6 heteroatoms. The highest BCUT2D eigenvalue weighted by molar-refractivity contribution is 7.99. The van der Waals surface area contributed by atoms with E-state index in [1.165, 1.54) is 0 Å². The Morgan fingerprint density at radius 2 is 1.71 bits per heavy atom. The van der Waals surface area contributed by atoms with Gasteiger partial charge >= 0.3 is 0 Å². The molecular formula is C22H17N3O2S. The first kappa shape index (κ1) is 18.0. The number of nitrogens with zero attached hydrogens (tertiary/aromatic N) is 2. The van der Waals surface area contributed by atoms with Gasteiger partial charge in [0.15, 0.2) is 5.03 Å². The van der Waals surface area contributed by atoms with Crippen LogP contribution in [0.3, 0.4) is 0 Å². The van der Waals surface area contributed by atoms with E-state index in [1.807, 2.05) is 72.8 Å². The van der Waals surface area contributed by atoms with Crippen LogP contribution in [0, 0.1) is 0 Å². The fourth-order valence-electron chi connectivity index (χ4n) is 2.95. The number of amides is 1. The Labute approximate surface area is 166 Å². The van der Waals surface area contributed by atoms with Gasteiger partial charge in [-0.1, -0.05) is 66.4 Å². The van der Waals surface area contributed by atoms with Gasteiger partial charge in [-0.05, 0) is 23.6 Å². The van der Waals surface area contributed by atoms with Crippen molar-refractivity contribution in [3.05, 3.63) is 95.5 Å². The Morgan fingerprint density at radius 3 is 2.57 bits per heavy atom. The summed E-state index contributed by atoms with van der Waals surface area (Å²) in [5.74, 6) is -0.0746. The normalized spacial score (nSPS) is 10.7. The summed E-state index contributed by atoms with van der Waals surface area (Å²) in [5.41, 5.74) is 1.28. The molecule has 0 unspecified atom stereocenters. The summed E-state index contributed by atoms with van der Waals surface area (Å²) in [7, 11) is 0. The van der Waals surface area contributed by atoms with Crippen molar-refractivity contribution in [1.82, 2.24) is 9.55 Å². The third-order valence-electron chi connectivity index (χ3n) is 4.23. The van der Waals surface area contributed by atoms with Crippen molar-refractivity contribution in [2.75, 3.05) is 11.1 Å². The number of fused-ring (bicyclic) bond motifs is 1. The number of benzene rings is 3. The number of hydrogen-bond acceptors (Lipinski definition) is 4. The fraction of sp³-hybridized carbons (Fsp3) is 0.0455. The first-order valence-electron chi connectivity index (χ1n) is 8.76. The van der Waals surface area contributed by atoms with Crippen molar-refractivity contribution in [3.63, 3.8) is 0 Å². The maximum absolute atomic E-state index is 12.9. The van der Waals surface area contributed by atoms with Gasteiger partial charge < -0.3 is 5.32 Å². The van der Waals surface area contributed by atoms with Crippen LogP contribution in [0.4, 0.5) is 5.69 Å². The summed E-state index contributed by atoms with van der Waals surface area (Å²) in [4.78, 5) is 29.3. The number of para-hydroxylation sites is 1. The largest absolute Gasteiger partial charge is 0.325 e. The third-order valence-corrected chi connectivity index (χ3v) is 5.19. The van der Waals surface area contributed by atoms with Crippen LogP contribution < -0.4 is 10.9 Å². The summed E-state index contributed by atoms with van der Waals surface area (Å²) >= 11 is 1.13. The Morgan fingerprint density at radius 1 is 0.964 bits per heavy atom. The zero-order chi connectivity index (χ0) is 19.3. The molecule has 0 radical (unpaired) electrons. The van der Waals surface area contributed by atoms with E-state index < -0.39 is 0 Å². The predicted octanol–water partition coefficient (Wildman–Crippen LogP) is 4.12. The van der Waals surface area contributed by atoms with Gasteiger partial charge in [0.2, 0.25) is 5.91 Å². The maximum Gasteiger partial charge on any atom is 0.287 e. The van der Waals surface area contributed by atoms with E-state index in [0.717, 1.165) is 33.9 Å². The number of hydrogen-bond donors (Lipinski definition) is 1. The summed E-state index contributed by atoms with van der Waals surface area (Å²) in [6, 6.07) is 23.0. The molecule has 0 saturated heterocycles. The smallest absolute Gasteiger partial charge is 0.287 e. The van der Waals surface area contributed by atoms with Gasteiger partial charge in [-0.15, -0.1) is 0 Å². The minimum atomic E-state index is -0.239. The van der Waals surface area contributed by atoms with Gasteiger partial charge in [-0.25, -0.2) is 4.98 Å². The van der Waals surface area contributed by atoms with Gasteiger partial charge in [-0.2, -0.15) is 0 Å². The first-order chi connectivity index (χ1) is 13.7. The fourth-order valence-corrected chi connectivity index (χ4v) is 3.65. The van der Waals surface area contributed by atoms with Gasteiger partial charge in [0, 0.05) is 23.5 Å². The molecule has 4 rings (SSSR count). The first-order valence-corrected chi connectivity index (χ1v) is 9.74. The Hall–Kier alpha value is -3.38. The van der Waals surface area contributed by atoms with Gasteiger partial charge in [0.1, 0.15) is 0 Å².